The highest BCUT2D eigenvalue weighted by Gasteiger charge is 2.32. The normalized spacial score (nSPS) is 11.9. The summed E-state index contributed by atoms with van der Waals surface area (Å²) in [4.78, 5) is 13.2. The number of hydrogen-bond donors (Lipinski definition) is 1. The first-order valence-corrected chi connectivity index (χ1v) is 8.62. The molecule has 0 radical (unpaired) electrons. The Kier molecular flexibility index (Phi) is 5.62. The van der Waals surface area contributed by atoms with Crippen LogP contribution in [0.2, 0.25) is 0 Å². The van der Waals surface area contributed by atoms with Gasteiger partial charge in [0, 0.05) is 11.0 Å². The van der Waals surface area contributed by atoms with E-state index in [2.05, 4.69) is 35.0 Å². The molecule has 5 nitrogen and oxygen atoms in total. The zero-order valence-electron chi connectivity index (χ0n) is 16.5. The molecule has 0 heterocycles. The number of hydrogen-bond acceptors (Lipinski definition) is 2. The van der Waals surface area contributed by atoms with E-state index in [0.717, 1.165) is 22.3 Å². The number of quaternary nitrogens is 1. The van der Waals surface area contributed by atoms with Crippen molar-refractivity contribution in [3.05, 3.63) is 54.1 Å². The van der Waals surface area contributed by atoms with E-state index in [1.165, 1.54) is 4.90 Å². The molecule has 1 amide bonds. The first kappa shape index (κ1) is 19.8. The Labute approximate surface area is 156 Å². The lowest BCUT2D eigenvalue weighted by atomic mass is 9.82. The number of ether oxygens (including phenoxy) is 1. The van der Waals surface area contributed by atoms with Crippen molar-refractivity contribution in [3.8, 4) is 5.75 Å². The second kappa shape index (κ2) is 7.38. The Morgan fingerprint density at radius 2 is 1.69 bits per heavy atom. The van der Waals surface area contributed by atoms with Crippen LogP contribution < -0.4 is 9.64 Å². The van der Waals surface area contributed by atoms with Gasteiger partial charge in [0.25, 0.3) is 0 Å². The van der Waals surface area contributed by atoms with Crippen LogP contribution in [0.5, 0.6) is 5.75 Å². The first-order chi connectivity index (χ1) is 12.0. The van der Waals surface area contributed by atoms with Crippen LogP contribution in [-0.4, -0.2) is 50.5 Å². The fourth-order valence-electron chi connectivity index (χ4n) is 3.58. The number of rotatable bonds is 6. The summed E-state index contributed by atoms with van der Waals surface area (Å²) in [6, 6.07) is 14.7. The number of likely N-dealkylation sites (N-methyl/N-ethyl adjacent to an activating group) is 1. The topological polar surface area (TPSA) is 49.8 Å². The summed E-state index contributed by atoms with van der Waals surface area (Å²) in [5.41, 5.74) is 2.02. The van der Waals surface area contributed by atoms with E-state index in [1.807, 2.05) is 30.3 Å². The molecular weight excluding hydrogens is 328 g/mol. The summed E-state index contributed by atoms with van der Waals surface area (Å²) in [7, 11) is 8.08. The van der Waals surface area contributed by atoms with Gasteiger partial charge in [0.15, 0.2) is 0 Å². The molecule has 0 saturated carbocycles. The Hall–Kier alpha value is -2.53. The van der Waals surface area contributed by atoms with Gasteiger partial charge >= 0.3 is 6.09 Å². The van der Waals surface area contributed by atoms with Crippen LogP contribution in [0, 0.1) is 0 Å². The molecule has 5 heteroatoms. The van der Waals surface area contributed by atoms with Gasteiger partial charge in [-0.05, 0) is 30.3 Å². The third-order valence-corrected chi connectivity index (χ3v) is 4.25. The van der Waals surface area contributed by atoms with Gasteiger partial charge in [0.2, 0.25) is 0 Å². The zero-order valence-corrected chi connectivity index (χ0v) is 16.5. The van der Waals surface area contributed by atoms with Crippen LogP contribution in [0.15, 0.2) is 48.5 Å². The molecule has 0 unspecified atom stereocenters. The Morgan fingerprint density at radius 3 is 2.19 bits per heavy atom. The number of para-hydroxylation sites is 1. The minimum absolute atomic E-state index is 0.194. The maximum atomic E-state index is 11.9. The van der Waals surface area contributed by atoms with Crippen molar-refractivity contribution in [1.82, 2.24) is 0 Å². The monoisotopic (exact) mass is 357 g/mol. The zero-order chi connectivity index (χ0) is 19.5. The molecule has 2 rings (SSSR count). The number of benzene rings is 2. The molecule has 26 heavy (non-hydrogen) atoms. The molecule has 0 aromatic heterocycles. The summed E-state index contributed by atoms with van der Waals surface area (Å²) in [5.74, 6) is 0.769. The van der Waals surface area contributed by atoms with Gasteiger partial charge in [-0.1, -0.05) is 32.0 Å². The highest BCUT2D eigenvalue weighted by atomic mass is 16.5. The highest BCUT2D eigenvalue weighted by Crippen LogP contribution is 2.37. The largest absolute Gasteiger partial charge is 0.496 e. The van der Waals surface area contributed by atoms with Crippen molar-refractivity contribution in [2.45, 2.75) is 19.3 Å². The molecule has 2 aromatic rings. The average Bonchev–Trinajstić information content (AvgIpc) is 2.53. The molecular formula is C21H29N2O3+. The minimum atomic E-state index is -1.02. The molecule has 0 aliphatic rings. The summed E-state index contributed by atoms with van der Waals surface area (Å²) in [6.07, 6.45) is -1.02. The van der Waals surface area contributed by atoms with E-state index in [1.54, 1.807) is 25.3 Å². The Bertz CT molecular complexity index is 765. The van der Waals surface area contributed by atoms with Gasteiger partial charge in [0.1, 0.15) is 5.75 Å². The van der Waals surface area contributed by atoms with E-state index in [9.17, 15) is 9.90 Å². The Balaban J connectivity index is 2.56. The number of anilines is 2. The fourth-order valence-corrected chi connectivity index (χ4v) is 3.58. The van der Waals surface area contributed by atoms with Gasteiger partial charge in [-0.3, -0.25) is 0 Å². The molecule has 0 saturated heterocycles. The van der Waals surface area contributed by atoms with Gasteiger partial charge in [0.05, 0.1) is 46.2 Å². The molecule has 0 aliphatic carbocycles. The van der Waals surface area contributed by atoms with Crippen molar-refractivity contribution in [3.63, 3.8) is 0 Å². The van der Waals surface area contributed by atoms with Crippen LogP contribution in [0.4, 0.5) is 16.2 Å². The molecule has 0 fully saturated rings. The highest BCUT2D eigenvalue weighted by molar-refractivity contribution is 5.95. The average molecular weight is 357 g/mol. The molecule has 0 aliphatic heterocycles. The number of methoxy groups -OCH3 is 1. The molecule has 2 aromatic carbocycles. The van der Waals surface area contributed by atoms with E-state index < -0.39 is 6.09 Å². The quantitative estimate of drug-likeness (QED) is 0.775. The lowest BCUT2D eigenvalue weighted by Crippen LogP contribution is -2.44. The summed E-state index contributed by atoms with van der Waals surface area (Å²) < 4.78 is 6.37. The molecule has 0 bridgehead atoms. The SMILES string of the molecule is COc1ccc(N(C(=O)O)c2ccccc2)cc1C(C)(C)C[N+](C)(C)C. The molecule has 1 N–H and O–H groups in total. The third kappa shape index (κ3) is 4.55. The minimum Gasteiger partial charge on any atom is -0.496 e. The van der Waals surface area contributed by atoms with Crippen LogP contribution in [-0.2, 0) is 5.41 Å². The lowest BCUT2D eigenvalue weighted by molar-refractivity contribution is -0.874. The molecule has 0 atom stereocenters. The van der Waals surface area contributed by atoms with E-state index >= 15 is 0 Å². The van der Waals surface area contributed by atoms with Gasteiger partial charge in [-0.25, -0.2) is 9.69 Å². The van der Waals surface area contributed by atoms with Crippen LogP contribution in [0.25, 0.3) is 0 Å². The van der Waals surface area contributed by atoms with E-state index in [-0.39, 0.29) is 5.41 Å². The van der Waals surface area contributed by atoms with Crippen molar-refractivity contribution in [2.75, 3.05) is 39.7 Å². The van der Waals surface area contributed by atoms with Crippen LogP contribution in [0.1, 0.15) is 19.4 Å². The molecule has 0 spiro atoms. The smallest absolute Gasteiger partial charge is 0.416 e. The second-order valence-electron chi connectivity index (χ2n) is 8.17. The first-order valence-electron chi connectivity index (χ1n) is 8.62. The molecule has 140 valence electrons. The third-order valence-electron chi connectivity index (χ3n) is 4.25. The lowest BCUT2D eigenvalue weighted by Gasteiger charge is -2.35. The maximum absolute atomic E-state index is 11.9. The summed E-state index contributed by atoms with van der Waals surface area (Å²) in [5, 5.41) is 9.78. The number of carboxylic acid groups (broad SMARTS) is 1. The predicted octanol–water partition coefficient (Wildman–Crippen LogP) is 4.50. The van der Waals surface area contributed by atoms with Crippen LogP contribution in [0.3, 0.4) is 0 Å². The van der Waals surface area contributed by atoms with Crippen molar-refractivity contribution < 1.29 is 19.1 Å². The number of carbonyl (C=O) groups is 1. The van der Waals surface area contributed by atoms with E-state index in [0.29, 0.717) is 11.4 Å². The van der Waals surface area contributed by atoms with Gasteiger partial charge in [-0.15, -0.1) is 0 Å². The number of amides is 1. The second-order valence-corrected chi connectivity index (χ2v) is 8.17. The predicted molar refractivity (Wildman–Crippen MR) is 106 cm³/mol. The number of nitrogens with zero attached hydrogens (tertiary/aromatic N) is 2. The van der Waals surface area contributed by atoms with Gasteiger partial charge < -0.3 is 14.3 Å². The van der Waals surface area contributed by atoms with E-state index in [4.69, 9.17) is 4.74 Å². The fraction of sp³-hybridized carbons (Fsp3) is 0.381. The van der Waals surface area contributed by atoms with Crippen molar-refractivity contribution in [2.24, 2.45) is 0 Å². The van der Waals surface area contributed by atoms with Crippen molar-refractivity contribution in [1.29, 1.82) is 0 Å². The van der Waals surface area contributed by atoms with Gasteiger partial charge in [-0.2, -0.15) is 0 Å². The standard InChI is InChI=1S/C21H28N2O3/c1-21(2,15-23(3,4)5)18-14-17(12-13-19(18)26-6)22(20(24)25)16-10-8-7-9-11-16/h7-14H,15H2,1-6H3/p+1. The summed E-state index contributed by atoms with van der Waals surface area (Å²) in [6.45, 7) is 5.20. The van der Waals surface area contributed by atoms with Crippen LogP contribution >= 0.6 is 0 Å². The summed E-state index contributed by atoms with van der Waals surface area (Å²) >= 11 is 0. The maximum Gasteiger partial charge on any atom is 0.416 e. The van der Waals surface area contributed by atoms with Crippen molar-refractivity contribution >= 4 is 17.5 Å². The Morgan fingerprint density at radius 1 is 1.08 bits per heavy atom.